The minimum atomic E-state index is -0.258. The third kappa shape index (κ3) is 4.49. The van der Waals surface area contributed by atoms with E-state index in [0.717, 1.165) is 10.6 Å². The Morgan fingerprint density at radius 3 is 2.81 bits per heavy atom. The van der Waals surface area contributed by atoms with E-state index in [2.05, 4.69) is 10.3 Å². The lowest BCUT2D eigenvalue weighted by atomic mass is 10.1. The molecule has 0 saturated heterocycles. The first-order valence-electron chi connectivity index (χ1n) is 7.73. The summed E-state index contributed by atoms with van der Waals surface area (Å²) in [6, 6.07) is 8.76. The molecule has 2 aromatic heterocycles. The summed E-state index contributed by atoms with van der Waals surface area (Å²) in [7, 11) is 1.49. The fourth-order valence-corrected chi connectivity index (χ4v) is 3.97. The summed E-state index contributed by atoms with van der Waals surface area (Å²) in [6.45, 7) is 0. The average molecular weight is 407 g/mol. The molecule has 0 radical (unpaired) electrons. The van der Waals surface area contributed by atoms with Crippen LogP contribution in [0.4, 0.5) is 5.13 Å². The lowest BCUT2D eigenvalue weighted by Gasteiger charge is -2.08. The minimum absolute atomic E-state index is 0.0580. The molecule has 0 aliphatic rings. The van der Waals surface area contributed by atoms with Crippen LogP contribution in [0.2, 0.25) is 5.02 Å². The number of ether oxygens (including phenoxy) is 1. The summed E-state index contributed by atoms with van der Waals surface area (Å²) in [4.78, 5) is 29.9. The smallest absolute Gasteiger partial charge is 0.226 e. The van der Waals surface area contributed by atoms with Crippen molar-refractivity contribution in [3.63, 3.8) is 0 Å². The predicted octanol–water partition coefficient (Wildman–Crippen LogP) is 5.14. The summed E-state index contributed by atoms with van der Waals surface area (Å²) < 4.78 is 5.17. The molecule has 134 valence electrons. The molecule has 0 aliphatic heterocycles. The van der Waals surface area contributed by atoms with Crippen LogP contribution in [0.15, 0.2) is 41.1 Å². The van der Waals surface area contributed by atoms with Gasteiger partial charge in [-0.1, -0.05) is 17.7 Å². The standard InChI is InChI=1S/C18H15ClN2O3S2/c1-24-15-6-4-11(19)9-12(15)14(22)5-7-17(23)21-18-20-13(10-26-18)16-3-2-8-25-16/h2-4,6,8-10H,5,7H2,1H3,(H,20,21,23). The van der Waals surface area contributed by atoms with E-state index in [1.807, 2.05) is 22.9 Å². The Bertz CT molecular complexity index is 922. The maximum absolute atomic E-state index is 12.4. The Morgan fingerprint density at radius 2 is 2.08 bits per heavy atom. The van der Waals surface area contributed by atoms with Crippen LogP contribution >= 0.6 is 34.3 Å². The van der Waals surface area contributed by atoms with Gasteiger partial charge in [0.25, 0.3) is 0 Å². The SMILES string of the molecule is COc1ccc(Cl)cc1C(=O)CCC(=O)Nc1nc(-c2cccs2)cs1. The van der Waals surface area contributed by atoms with Crippen LogP contribution in [0.3, 0.4) is 0 Å². The van der Waals surface area contributed by atoms with E-state index >= 15 is 0 Å². The lowest BCUT2D eigenvalue weighted by Crippen LogP contribution is -2.13. The summed E-state index contributed by atoms with van der Waals surface area (Å²) in [5, 5.41) is 7.57. The Morgan fingerprint density at radius 1 is 1.23 bits per heavy atom. The van der Waals surface area contributed by atoms with Crippen LogP contribution in [-0.4, -0.2) is 23.8 Å². The van der Waals surface area contributed by atoms with Crippen molar-refractivity contribution in [2.45, 2.75) is 12.8 Å². The average Bonchev–Trinajstić information content (AvgIpc) is 3.31. The first kappa shape index (κ1) is 18.6. The number of carbonyl (C=O) groups is 2. The predicted molar refractivity (Wildman–Crippen MR) is 106 cm³/mol. The van der Waals surface area contributed by atoms with Gasteiger partial charge in [-0.25, -0.2) is 4.98 Å². The molecule has 8 heteroatoms. The number of anilines is 1. The number of nitrogens with one attached hydrogen (secondary N) is 1. The molecule has 3 rings (SSSR count). The number of amides is 1. The number of hydrogen-bond acceptors (Lipinski definition) is 6. The lowest BCUT2D eigenvalue weighted by molar-refractivity contribution is -0.116. The number of nitrogens with zero attached hydrogens (tertiary/aromatic N) is 1. The molecule has 1 N–H and O–H groups in total. The summed E-state index contributed by atoms with van der Waals surface area (Å²) in [6.07, 6.45) is 0.119. The van der Waals surface area contributed by atoms with Gasteiger partial charge in [0.2, 0.25) is 5.91 Å². The zero-order valence-electron chi connectivity index (χ0n) is 13.8. The second-order valence-corrected chi connectivity index (χ2v) is 7.57. The van der Waals surface area contributed by atoms with E-state index < -0.39 is 0 Å². The second-order valence-electron chi connectivity index (χ2n) is 5.33. The Hall–Kier alpha value is -2.22. The Labute approximate surface area is 163 Å². The number of aromatic nitrogens is 1. The van der Waals surface area contributed by atoms with Gasteiger partial charge in [0.05, 0.1) is 23.2 Å². The van der Waals surface area contributed by atoms with Crippen molar-refractivity contribution < 1.29 is 14.3 Å². The fourth-order valence-electron chi connectivity index (χ4n) is 2.31. The van der Waals surface area contributed by atoms with Gasteiger partial charge < -0.3 is 10.1 Å². The van der Waals surface area contributed by atoms with Gasteiger partial charge in [0.15, 0.2) is 10.9 Å². The maximum atomic E-state index is 12.4. The number of thiophene rings is 1. The number of Topliss-reactive ketones (excluding diaryl/α,β-unsaturated/α-hetero) is 1. The largest absolute Gasteiger partial charge is 0.496 e. The van der Waals surface area contributed by atoms with Crippen LogP contribution in [-0.2, 0) is 4.79 Å². The van der Waals surface area contributed by atoms with Crippen LogP contribution in [0.1, 0.15) is 23.2 Å². The van der Waals surface area contributed by atoms with Gasteiger partial charge in [-0.3, -0.25) is 9.59 Å². The molecule has 0 aliphatic carbocycles. The third-order valence-corrected chi connectivity index (χ3v) is 5.45. The van der Waals surface area contributed by atoms with Gasteiger partial charge in [-0.2, -0.15) is 0 Å². The van der Waals surface area contributed by atoms with Gasteiger partial charge >= 0.3 is 0 Å². The number of methoxy groups -OCH3 is 1. The molecular weight excluding hydrogens is 392 g/mol. The molecule has 1 aromatic carbocycles. The second kappa shape index (κ2) is 8.44. The molecule has 0 spiro atoms. The van der Waals surface area contributed by atoms with E-state index in [4.69, 9.17) is 16.3 Å². The van der Waals surface area contributed by atoms with Gasteiger partial charge in [-0.15, -0.1) is 22.7 Å². The quantitative estimate of drug-likeness (QED) is 0.552. The molecule has 0 unspecified atom stereocenters. The number of thiazole rings is 1. The molecule has 0 saturated carbocycles. The topological polar surface area (TPSA) is 68.3 Å². The maximum Gasteiger partial charge on any atom is 0.226 e. The molecule has 0 bridgehead atoms. The highest BCUT2D eigenvalue weighted by molar-refractivity contribution is 7.16. The van der Waals surface area contributed by atoms with Crippen LogP contribution < -0.4 is 10.1 Å². The van der Waals surface area contributed by atoms with Gasteiger partial charge in [0, 0.05) is 23.2 Å². The van der Waals surface area contributed by atoms with Gasteiger partial charge in [-0.05, 0) is 29.6 Å². The van der Waals surface area contributed by atoms with Crippen molar-refractivity contribution in [1.29, 1.82) is 0 Å². The summed E-state index contributed by atoms with van der Waals surface area (Å²) in [5.74, 6) is -0.00957. The highest BCUT2D eigenvalue weighted by Crippen LogP contribution is 2.28. The zero-order chi connectivity index (χ0) is 18.5. The Balaban J connectivity index is 1.57. The molecule has 2 heterocycles. The van der Waals surface area contributed by atoms with Crippen LogP contribution in [0.5, 0.6) is 5.75 Å². The molecule has 0 fully saturated rings. The van der Waals surface area contributed by atoms with Gasteiger partial charge in [0.1, 0.15) is 5.75 Å². The molecule has 26 heavy (non-hydrogen) atoms. The first-order chi connectivity index (χ1) is 12.6. The van der Waals surface area contributed by atoms with Crippen molar-refractivity contribution in [2.75, 3.05) is 12.4 Å². The molecule has 1 amide bonds. The van der Waals surface area contributed by atoms with Crippen molar-refractivity contribution >= 4 is 51.1 Å². The number of carbonyl (C=O) groups excluding carboxylic acids is 2. The van der Waals surface area contributed by atoms with E-state index in [0.29, 0.717) is 21.5 Å². The van der Waals surface area contributed by atoms with Crippen molar-refractivity contribution in [3.8, 4) is 16.3 Å². The summed E-state index contributed by atoms with van der Waals surface area (Å²) >= 11 is 8.88. The highest BCUT2D eigenvalue weighted by atomic mass is 35.5. The number of hydrogen-bond donors (Lipinski definition) is 1. The molecule has 5 nitrogen and oxygen atoms in total. The Kier molecular flexibility index (Phi) is 6.03. The molecule has 0 atom stereocenters. The summed E-state index contributed by atoms with van der Waals surface area (Å²) in [5.41, 5.74) is 1.21. The third-order valence-electron chi connectivity index (χ3n) is 3.57. The molecular formula is C18H15ClN2O3S2. The van der Waals surface area contributed by atoms with Crippen LogP contribution in [0, 0.1) is 0 Å². The number of halogens is 1. The van der Waals surface area contributed by atoms with E-state index in [-0.39, 0.29) is 24.5 Å². The van der Waals surface area contributed by atoms with E-state index in [9.17, 15) is 9.59 Å². The number of rotatable bonds is 7. The number of ketones is 1. The zero-order valence-corrected chi connectivity index (χ0v) is 16.2. The van der Waals surface area contributed by atoms with Crippen LogP contribution in [0.25, 0.3) is 10.6 Å². The number of benzene rings is 1. The van der Waals surface area contributed by atoms with E-state index in [1.54, 1.807) is 29.5 Å². The minimum Gasteiger partial charge on any atom is -0.496 e. The normalized spacial score (nSPS) is 10.5. The highest BCUT2D eigenvalue weighted by Gasteiger charge is 2.15. The van der Waals surface area contributed by atoms with Crippen molar-refractivity contribution in [1.82, 2.24) is 4.98 Å². The molecule has 3 aromatic rings. The first-order valence-corrected chi connectivity index (χ1v) is 9.86. The van der Waals surface area contributed by atoms with E-state index in [1.165, 1.54) is 18.4 Å². The van der Waals surface area contributed by atoms with Crippen molar-refractivity contribution in [2.24, 2.45) is 0 Å². The fraction of sp³-hybridized carbons (Fsp3) is 0.167. The monoisotopic (exact) mass is 406 g/mol. The van der Waals surface area contributed by atoms with Crippen molar-refractivity contribution in [3.05, 3.63) is 51.7 Å².